The lowest BCUT2D eigenvalue weighted by atomic mass is 10.2. The number of benzene rings is 1. The van der Waals surface area contributed by atoms with Gasteiger partial charge in [-0.05, 0) is 55.2 Å². The van der Waals surface area contributed by atoms with Gasteiger partial charge in [-0.1, -0.05) is 42.9 Å². The molecule has 3 aromatic rings. The number of anilines is 1. The first-order valence-electron chi connectivity index (χ1n) is 9.34. The van der Waals surface area contributed by atoms with Gasteiger partial charge in [0.2, 0.25) is 0 Å². The van der Waals surface area contributed by atoms with Crippen LogP contribution < -0.4 is 4.90 Å². The fourth-order valence-electron chi connectivity index (χ4n) is 2.97. The Kier molecular flexibility index (Phi) is 9.11. The zero-order chi connectivity index (χ0) is 20.1. The summed E-state index contributed by atoms with van der Waals surface area (Å²) in [5.74, 6) is -0.0524. The second kappa shape index (κ2) is 11.1. The zero-order valence-corrected chi connectivity index (χ0v) is 19.9. The molecule has 29 heavy (non-hydrogen) atoms. The normalized spacial score (nSPS) is 11.3. The highest BCUT2D eigenvalue weighted by atomic mass is 35.5. The van der Waals surface area contributed by atoms with Crippen molar-refractivity contribution in [3.8, 4) is 0 Å². The number of thiophene rings is 1. The van der Waals surface area contributed by atoms with Crippen LogP contribution in [0.3, 0.4) is 0 Å². The Morgan fingerprint density at radius 2 is 2.00 bits per heavy atom. The Morgan fingerprint density at radius 1 is 1.24 bits per heavy atom. The third-order valence-electron chi connectivity index (χ3n) is 4.60. The van der Waals surface area contributed by atoms with Crippen LogP contribution >= 0.6 is 46.7 Å². The molecule has 0 saturated heterocycles. The van der Waals surface area contributed by atoms with Crippen LogP contribution in [0.2, 0.25) is 5.02 Å². The van der Waals surface area contributed by atoms with Gasteiger partial charge in [-0.2, -0.15) is 0 Å². The third kappa shape index (κ3) is 6.03. The van der Waals surface area contributed by atoms with Crippen LogP contribution in [0.1, 0.15) is 24.3 Å². The maximum absolute atomic E-state index is 13.0. The smallest absolute Gasteiger partial charge is 0.252 e. The molecule has 0 bridgehead atoms. The zero-order valence-electron chi connectivity index (χ0n) is 16.7. The Bertz CT molecular complexity index is 966. The number of halogens is 2. The van der Waals surface area contributed by atoms with Crippen molar-refractivity contribution in [2.75, 3.05) is 31.1 Å². The molecule has 3 rings (SSSR count). The minimum absolute atomic E-state index is 0. The molecule has 0 unspecified atom stereocenters. The second-order valence-corrected chi connectivity index (χ2v) is 8.86. The molecular formula is C21H25Cl2N3OS2. The van der Waals surface area contributed by atoms with Crippen LogP contribution in [0.25, 0.3) is 16.3 Å². The summed E-state index contributed by atoms with van der Waals surface area (Å²) in [4.78, 5) is 22.9. The largest absolute Gasteiger partial charge is 0.302 e. The predicted molar refractivity (Wildman–Crippen MR) is 130 cm³/mol. The van der Waals surface area contributed by atoms with E-state index in [0.717, 1.165) is 40.3 Å². The van der Waals surface area contributed by atoms with E-state index in [1.807, 2.05) is 42.6 Å². The summed E-state index contributed by atoms with van der Waals surface area (Å²) in [5.41, 5.74) is 1.93. The molecule has 0 fully saturated rings. The molecule has 0 radical (unpaired) electrons. The minimum atomic E-state index is -0.0524. The molecule has 2 heterocycles. The first kappa shape index (κ1) is 23.8. The molecule has 0 aliphatic carbocycles. The molecule has 0 N–H and O–H groups in total. The Hall–Kier alpha value is -1.44. The van der Waals surface area contributed by atoms with Crippen LogP contribution in [0, 0.1) is 6.92 Å². The van der Waals surface area contributed by atoms with E-state index in [-0.39, 0.29) is 18.3 Å². The lowest BCUT2D eigenvalue weighted by Crippen LogP contribution is -2.38. The van der Waals surface area contributed by atoms with E-state index in [4.69, 9.17) is 16.6 Å². The van der Waals surface area contributed by atoms with Gasteiger partial charge in [0, 0.05) is 29.1 Å². The van der Waals surface area contributed by atoms with Crippen molar-refractivity contribution >= 4 is 74.0 Å². The number of nitrogens with zero attached hydrogens (tertiary/aromatic N) is 3. The van der Waals surface area contributed by atoms with Gasteiger partial charge in [0.25, 0.3) is 5.91 Å². The molecule has 4 nitrogen and oxygen atoms in total. The van der Waals surface area contributed by atoms with Crippen LogP contribution in [-0.2, 0) is 4.79 Å². The number of aryl methyl sites for hydroxylation is 1. The fraction of sp³-hybridized carbons (Fsp3) is 0.333. The van der Waals surface area contributed by atoms with Gasteiger partial charge >= 0.3 is 0 Å². The molecule has 0 saturated carbocycles. The summed E-state index contributed by atoms with van der Waals surface area (Å²) in [6.07, 6.45) is 3.51. The minimum Gasteiger partial charge on any atom is -0.302 e. The number of carbonyl (C=O) groups is 1. The Labute approximate surface area is 191 Å². The SMILES string of the molecule is CCN(CC)CCN(C(=O)C=Cc1cccs1)c1nc2c(C)cc(Cl)cc2s1.Cl. The average Bonchev–Trinajstić information content (AvgIpc) is 3.33. The highest BCUT2D eigenvalue weighted by Gasteiger charge is 2.19. The number of fused-ring (bicyclic) bond motifs is 1. The van der Waals surface area contributed by atoms with Crippen molar-refractivity contribution in [2.45, 2.75) is 20.8 Å². The summed E-state index contributed by atoms with van der Waals surface area (Å²) in [5, 5.41) is 3.41. The van der Waals surface area contributed by atoms with Gasteiger partial charge in [-0.3, -0.25) is 9.69 Å². The summed E-state index contributed by atoms with van der Waals surface area (Å²) >= 11 is 9.33. The van der Waals surface area contributed by atoms with Crippen LogP contribution in [0.5, 0.6) is 0 Å². The predicted octanol–water partition coefficient (Wildman–Crippen LogP) is 6.13. The van der Waals surface area contributed by atoms with Gasteiger partial charge in [0.1, 0.15) is 0 Å². The highest BCUT2D eigenvalue weighted by molar-refractivity contribution is 7.22. The molecule has 0 aliphatic rings. The topological polar surface area (TPSA) is 36.4 Å². The molecule has 0 aliphatic heterocycles. The number of amides is 1. The van der Waals surface area contributed by atoms with Crippen molar-refractivity contribution in [3.63, 3.8) is 0 Å². The standard InChI is InChI=1S/C21H24ClN3OS2.ClH/c1-4-24(5-2)10-11-25(19(26)9-8-17-7-6-12-27-17)21-23-20-15(3)13-16(22)14-18(20)28-21;/h6-9,12-14H,4-5,10-11H2,1-3H3;1H. The molecule has 1 aromatic carbocycles. The summed E-state index contributed by atoms with van der Waals surface area (Å²) < 4.78 is 1.00. The van der Waals surface area contributed by atoms with Crippen molar-refractivity contribution in [1.29, 1.82) is 0 Å². The van der Waals surface area contributed by atoms with Gasteiger partial charge in [-0.15, -0.1) is 23.7 Å². The van der Waals surface area contributed by atoms with Gasteiger partial charge in [0.15, 0.2) is 5.13 Å². The fourth-order valence-corrected chi connectivity index (χ4v) is 5.04. The lowest BCUT2D eigenvalue weighted by Gasteiger charge is -2.23. The number of hydrogen-bond acceptors (Lipinski definition) is 5. The number of thiazole rings is 1. The van der Waals surface area contributed by atoms with E-state index in [0.29, 0.717) is 16.7 Å². The molecule has 8 heteroatoms. The Balaban J connectivity index is 0.00000300. The summed E-state index contributed by atoms with van der Waals surface area (Å²) in [7, 11) is 0. The van der Waals surface area contributed by atoms with E-state index in [2.05, 4.69) is 18.7 Å². The summed E-state index contributed by atoms with van der Waals surface area (Å²) in [6, 6.07) is 7.80. The van der Waals surface area contributed by atoms with E-state index in [1.54, 1.807) is 22.3 Å². The third-order valence-corrected chi connectivity index (χ3v) is 6.68. The van der Waals surface area contributed by atoms with Crippen molar-refractivity contribution in [3.05, 3.63) is 51.2 Å². The number of aromatic nitrogens is 1. The van der Waals surface area contributed by atoms with Crippen molar-refractivity contribution in [1.82, 2.24) is 9.88 Å². The molecule has 2 aromatic heterocycles. The quantitative estimate of drug-likeness (QED) is 0.372. The molecular weight excluding hydrogens is 445 g/mol. The molecule has 156 valence electrons. The van der Waals surface area contributed by atoms with Crippen LogP contribution in [0.4, 0.5) is 5.13 Å². The molecule has 0 spiro atoms. The maximum Gasteiger partial charge on any atom is 0.252 e. The average molecular weight is 470 g/mol. The number of carbonyl (C=O) groups excluding carboxylic acids is 1. The van der Waals surface area contributed by atoms with Crippen molar-refractivity contribution < 1.29 is 4.79 Å². The summed E-state index contributed by atoms with van der Waals surface area (Å²) in [6.45, 7) is 9.58. The van der Waals surface area contributed by atoms with E-state index in [1.165, 1.54) is 11.3 Å². The molecule has 1 amide bonds. The van der Waals surface area contributed by atoms with Crippen LogP contribution in [0.15, 0.2) is 35.7 Å². The van der Waals surface area contributed by atoms with E-state index < -0.39 is 0 Å². The Morgan fingerprint density at radius 3 is 2.66 bits per heavy atom. The van der Waals surface area contributed by atoms with Crippen molar-refractivity contribution in [2.24, 2.45) is 0 Å². The van der Waals surface area contributed by atoms with Crippen LogP contribution in [-0.4, -0.2) is 42.0 Å². The molecule has 0 atom stereocenters. The number of hydrogen-bond donors (Lipinski definition) is 0. The van der Waals surface area contributed by atoms with Gasteiger partial charge < -0.3 is 4.90 Å². The number of likely N-dealkylation sites (N-methyl/N-ethyl adjacent to an activating group) is 1. The van der Waals surface area contributed by atoms with Gasteiger partial charge in [-0.25, -0.2) is 4.98 Å². The first-order chi connectivity index (χ1) is 13.5. The van der Waals surface area contributed by atoms with E-state index >= 15 is 0 Å². The highest BCUT2D eigenvalue weighted by Crippen LogP contribution is 2.33. The lowest BCUT2D eigenvalue weighted by molar-refractivity contribution is -0.114. The van der Waals surface area contributed by atoms with E-state index in [9.17, 15) is 4.79 Å². The number of rotatable bonds is 8. The first-order valence-corrected chi connectivity index (χ1v) is 11.4. The second-order valence-electron chi connectivity index (χ2n) is 6.43. The van der Waals surface area contributed by atoms with Gasteiger partial charge in [0.05, 0.1) is 10.2 Å². The monoisotopic (exact) mass is 469 g/mol. The maximum atomic E-state index is 13.0.